The molecule has 0 aliphatic heterocycles. The van der Waals surface area contributed by atoms with Gasteiger partial charge in [0.2, 0.25) is 0 Å². The van der Waals surface area contributed by atoms with Crippen molar-refractivity contribution in [2.75, 3.05) is 13.7 Å². The lowest BCUT2D eigenvalue weighted by molar-refractivity contribution is 0.336. The third-order valence-corrected chi connectivity index (χ3v) is 4.22. The van der Waals surface area contributed by atoms with Crippen molar-refractivity contribution in [2.24, 2.45) is 4.99 Å². The number of benzene rings is 1. The maximum atomic E-state index is 6.02. The third-order valence-electron chi connectivity index (χ3n) is 3.08. The fraction of sp³-hybridized carbons (Fsp3) is 0.375. The average molecular weight is 481 g/mol. The lowest BCUT2D eigenvalue weighted by Crippen LogP contribution is -2.36. The highest BCUT2D eigenvalue weighted by atomic mass is 127. The second-order valence-electron chi connectivity index (χ2n) is 4.83. The normalized spacial score (nSPS) is 10.9. The maximum absolute atomic E-state index is 6.02. The van der Waals surface area contributed by atoms with Crippen LogP contribution >= 0.6 is 46.9 Å². The maximum Gasteiger partial charge on any atom is 0.191 e. The van der Waals surface area contributed by atoms with E-state index in [2.05, 4.69) is 20.6 Å². The molecular formula is C16H22ClIN4OS. The standard InChI is InChI=1S/C16H21ClN4OS.HI/c1-4-22-14-7-13(17)6-5-12(14)9-20-16(18-3)21-10-15-19-8-11(2)23-15;/h5-8H,4,9-10H2,1-3H3,(H2,18,20,21);1H. The van der Waals surface area contributed by atoms with Crippen molar-refractivity contribution < 1.29 is 4.74 Å². The molecule has 8 heteroatoms. The summed E-state index contributed by atoms with van der Waals surface area (Å²) in [6.07, 6.45) is 1.87. The smallest absolute Gasteiger partial charge is 0.191 e. The predicted molar refractivity (Wildman–Crippen MR) is 112 cm³/mol. The number of aliphatic imine (C=N–C) groups is 1. The van der Waals surface area contributed by atoms with Crippen LogP contribution in [0.25, 0.3) is 0 Å². The van der Waals surface area contributed by atoms with Crippen molar-refractivity contribution in [1.29, 1.82) is 0 Å². The van der Waals surface area contributed by atoms with E-state index in [1.165, 1.54) is 4.88 Å². The molecule has 24 heavy (non-hydrogen) atoms. The molecule has 1 aromatic carbocycles. The zero-order valence-corrected chi connectivity index (χ0v) is 17.8. The molecule has 0 aliphatic carbocycles. The van der Waals surface area contributed by atoms with Gasteiger partial charge in [0.15, 0.2) is 5.96 Å². The number of halogens is 2. The molecule has 132 valence electrons. The Balaban J connectivity index is 0.00000288. The van der Waals surface area contributed by atoms with E-state index in [0.717, 1.165) is 22.3 Å². The molecule has 0 amide bonds. The van der Waals surface area contributed by atoms with Crippen molar-refractivity contribution in [2.45, 2.75) is 26.9 Å². The van der Waals surface area contributed by atoms with Gasteiger partial charge in [0.1, 0.15) is 10.8 Å². The van der Waals surface area contributed by atoms with E-state index in [1.54, 1.807) is 18.4 Å². The summed E-state index contributed by atoms with van der Waals surface area (Å²) in [6, 6.07) is 5.64. The van der Waals surface area contributed by atoms with E-state index in [0.29, 0.717) is 24.7 Å². The van der Waals surface area contributed by atoms with Crippen LogP contribution < -0.4 is 15.4 Å². The Bertz CT molecular complexity index is 678. The Hall–Kier alpha value is -1.06. The number of rotatable bonds is 6. The van der Waals surface area contributed by atoms with Gasteiger partial charge in [-0.1, -0.05) is 17.7 Å². The quantitative estimate of drug-likeness (QED) is 0.373. The molecule has 1 aromatic heterocycles. The van der Waals surface area contributed by atoms with Gasteiger partial charge in [-0.05, 0) is 26.0 Å². The first-order valence-electron chi connectivity index (χ1n) is 7.39. The van der Waals surface area contributed by atoms with Crippen LogP contribution in [0.3, 0.4) is 0 Å². The summed E-state index contributed by atoms with van der Waals surface area (Å²) in [5.41, 5.74) is 1.03. The Labute approximate surface area is 168 Å². The molecule has 0 aliphatic rings. The number of hydrogen-bond donors (Lipinski definition) is 2. The van der Waals surface area contributed by atoms with Gasteiger partial charge in [0.05, 0.1) is 13.2 Å². The van der Waals surface area contributed by atoms with Gasteiger partial charge in [-0.25, -0.2) is 4.98 Å². The molecule has 2 rings (SSSR count). The Morgan fingerprint density at radius 2 is 2.08 bits per heavy atom. The van der Waals surface area contributed by atoms with Crippen molar-refractivity contribution in [1.82, 2.24) is 15.6 Å². The highest BCUT2D eigenvalue weighted by Crippen LogP contribution is 2.23. The fourth-order valence-electron chi connectivity index (χ4n) is 2.01. The largest absolute Gasteiger partial charge is 0.493 e. The van der Waals surface area contributed by atoms with E-state index < -0.39 is 0 Å². The number of hydrogen-bond acceptors (Lipinski definition) is 4. The number of nitrogens with zero attached hydrogens (tertiary/aromatic N) is 2. The first-order chi connectivity index (χ1) is 11.1. The lowest BCUT2D eigenvalue weighted by Gasteiger charge is -2.14. The number of thiazole rings is 1. The van der Waals surface area contributed by atoms with Crippen LogP contribution in [0.15, 0.2) is 29.4 Å². The van der Waals surface area contributed by atoms with Crippen molar-refractivity contribution in [3.8, 4) is 5.75 Å². The SMILES string of the molecule is CCOc1cc(Cl)ccc1CNC(=NC)NCc1ncc(C)s1.I. The molecule has 1 heterocycles. The van der Waals surface area contributed by atoms with Crippen LogP contribution in [-0.2, 0) is 13.1 Å². The van der Waals surface area contributed by atoms with Crippen LogP contribution in [0.4, 0.5) is 0 Å². The van der Waals surface area contributed by atoms with Gasteiger partial charge in [0, 0.05) is 35.3 Å². The van der Waals surface area contributed by atoms with E-state index in [-0.39, 0.29) is 24.0 Å². The van der Waals surface area contributed by atoms with Crippen LogP contribution in [0.1, 0.15) is 22.4 Å². The lowest BCUT2D eigenvalue weighted by atomic mass is 10.2. The molecule has 0 atom stereocenters. The molecule has 2 N–H and O–H groups in total. The van der Waals surface area contributed by atoms with Crippen molar-refractivity contribution in [3.63, 3.8) is 0 Å². The number of aryl methyl sites for hydroxylation is 1. The molecule has 0 unspecified atom stereocenters. The molecule has 2 aromatic rings. The van der Waals surface area contributed by atoms with Crippen LogP contribution in [-0.4, -0.2) is 24.6 Å². The van der Waals surface area contributed by atoms with Gasteiger partial charge >= 0.3 is 0 Å². The number of guanidine groups is 1. The van der Waals surface area contributed by atoms with E-state index in [4.69, 9.17) is 16.3 Å². The zero-order chi connectivity index (χ0) is 16.7. The second kappa shape index (κ2) is 10.7. The highest BCUT2D eigenvalue weighted by Gasteiger charge is 2.06. The molecule has 0 bridgehead atoms. The van der Waals surface area contributed by atoms with Crippen LogP contribution in [0, 0.1) is 6.92 Å². The van der Waals surface area contributed by atoms with E-state index in [9.17, 15) is 0 Å². The molecular weight excluding hydrogens is 459 g/mol. The minimum atomic E-state index is 0. The fourth-order valence-corrected chi connectivity index (χ4v) is 2.90. The second-order valence-corrected chi connectivity index (χ2v) is 6.58. The van der Waals surface area contributed by atoms with Gasteiger partial charge in [-0.3, -0.25) is 4.99 Å². The number of ether oxygens (including phenoxy) is 1. The summed E-state index contributed by atoms with van der Waals surface area (Å²) < 4.78 is 5.62. The van der Waals surface area contributed by atoms with Crippen molar-refractivity contribution in [3.05, 3.63) is 44.9 Å². The molecule has 0 saturated heterocycles. The van der Waals surface area contributed by atoms with E-state index in [1.807, 2.05) is 38.2 Å². The molecule has 0 fully saturated rings. The van der Waals surface area contributed by atoms with Gasteiger partial charge in [-0.2, -0.15) is 0 Å². The summed E-state index contributed by atoms with van der Waals surface area (Å²) in [6.45, 7) is 5.85. The van der Waals surface area contributed by atoms with E-state index >= 15 is 0 Å². The Morgan fingerprint density at radius 1 is 1.33 bits per heavy atom. The summed E-state index contributed by atoms with van der Waals surface area (Å²) >= 11 is 7.69. The summed E-state index contributed by atoms with van der Waals surface area (Å²) in [5, 5.41) is 8.23. The summed E-state index contributed by atoms with van der Waals surface area (Å²) in [7, 11) is 1.74. The topological polar surface area (TPSA) is 58.5 Å². The van der Waals surface area contributed by atoms with Gasteiger partial charge < -0.3 is 15.4 Å². The predicted octanol–water partition coefficient (Wildman–Crippen LogP) is 3.99. The van der Waals surface area contributed by atoms with Crippen molar-refractivity contribution >= 4 is 52.9 Å². The number of nitrogens with one attached hydrogen (secondary N) is 2. The summed E-state index contributed by atoms with van der Waals surface area (Å²) in [5.74, 6) is 1.51. The first-order valence-corrected chi connectivity index (χ1v) is 8.59. The monoisotopic (exact) mass is 480 g/mol. The molecule has 0 spiro atoms. The van der Waals surface area contributed by atoms with Gasteiger partial charge in [-0.15, -0.1) is 35.3 Å². The minimum absolute atomic E-state index is 0. The highest BCUT2D eigenvalue weighted by molar-refractivity contribution is 14.0. The Morgan fingerprint density at radius 3 is 2.71 bits per heavy atom. The molecule has 5 nitrogen and oxygen atoms in total. The summed E-state index contributed by atoms with van der Waals surface area (Å²) in [4.78, 5) is 9.75. The van der Waals surface area contributed by atoms with Crippen LogP contribution in [0.5, 0.6) is 5.75 Å². The zero-order valence-electron chi connectivity index (χ0n) is 13.9. The van der Waals surface area contributed by atoms with Gasteiger partial charge in [0.25, 0.3) is 0 Å². The first kappa shape index (κ1) is 21.0. The molecule has 0 radical (unpaired) electrons. The number of aromatic nitrogens is 1. The Kier molecular flexibility index (Phi) is 9.38. The minimum Gasteiger partial charge on any atom is -0.493 e. The van der Waals surface area contributed by atoms with Crippen LogP contribution in [0.2, 0.25) is 5.02 Å². The third kappa shape index (κ3) is 6.45. The average Bonchev–Trinajstić information content (AvgIpc) is 2.95. The molecule has 0 saturated carbocycles.